The highest BCUT2D eigenvalue weighted by atomic mass is 32.2. The Kier molecular flexibility index (Phi) is 4.62. The summed E-state index contributed by atoms with van der Waals surface area (Å²) >= 11 is 6.85. The van der Waals surface area contributed by atoms with Crippen LogP contribution in [0.1, 0.15) is 12.2 Å². The van der Waals surface area contributed by atoms with Gasteiger partial charge < -0.3 is 14.4 Å². The number of carboxylic acid groups (broad SMARTS) is 1. The Bertz CT molecular complexity index is 422. The van der Waals surface area contributed by atoms with E-state index in [1.54, 1.807) is 18.0 Å². The van der Waals surface area contributed by atoms with E-state index in [1.807, 2.05) is 17.0 Å². The molecule has 0 aliphatic carbocycles. The van der Waals surface area contributed by atoms with Crippen molar-refractivity contribution in [2.75, 3.05) is 19.1 Å². The Labute approximate surface area is 115 Å². The summed E-state index contributed by atoms with van der Waals surface area (Å²) in [6, 6.07) is 3.75. The highest BCUT2D eigenvalue weighted by molar-refractivity contribution is 8.22. The van der Waals surface area contributed by atoms with E-state index in [0.29, 0.717) is 19.8 Å². The number of hydrogen-bond acceptors (Lipinski definition) is 5. The van der Waals surface area contributed by atoms with Crippen molar-refractivity contribution in [3.63, 3.8) is 0 Å². The Morgan fingerprint density at radius 2 is 2.44 bits per heavy atom. The van der Waals surface area contributed by atoms with Crippen LogP contribution in [0.15, 0.2) is 22.8 Å². The average Bonchev–Trinajstić information content (AvgIpc) is 2.83. The third-order valence-electron chi connectivity index (χ3n) is 2.57. The van der Waals surface area contributed by atoms with Crippen LogP contribution in [0.3, 0.4) is 0 Å². The van der Waals surface area contributed by atoms with E-state index >= 15 is 0 Å². The molecule has 2 rings (SSSR count). The van der Waals surface area contributed by atoms with Gasteiger partial charge in [0.05, 0.1) is 31.8 Å². The normalized spacial score (nSPS) is 17.1. The van der Waals surface area contributed by atoms with Crippen LogP contribution in [0.25, 0.3) is 0 Å². The zero-order chi connectivity index (χ0) is 13.0. The molecule has 0 spiro atoms. The summed E-state index contributed by atoms with van der Waals surface area (Å²) in [5.74, 6) is 0.838. The lowest BCUT2D eigenvalue weighted by atomic mass is 10.4. The van der Waals surface area contributed by atoms with Gasteiger partial charge in [-0.25, -0.2) is 0 Å². The Morgan fingerprint density at radius 1 is 1.61 bits per heavy atom. The summed E-state index contributed by atoms with van der Waals surface area (Å²) in [6.45, 7) is 1.82. The molecule has 0 radical (unpaired) electrons. The van der Waals surface area contributed by atoms with Crippen molar-refractivity contribution in [2.24, 2.45) is 0 Å². The van der Waals surface area contributed by atoms with Crippen molar-refractivity contribution in [3.05, 3.63) is 24.2 Å². The van der Waals surface area contributed by atoms with E-state index in [1.165, 1.54) is 0 Å². The molecule has 7 heteroatoms. The molecule has 1 aromatic rings. The number of carbonyl (C=O) groups is 1. The summed E-state index contributed by atoms with van der Waals surface area (Å²) < 4.78 is 6.13. The van der Waals surface area contributed by atoms with Gasteiger partial charge in [-0.3, -0.25) is 9.69 Å². The number of thioether (sulfide) groups is 1. The molecule has 2 heterocycles. The van der Waals surface area contributed by atoms with Crippen molar-refractivity contribution in [2.45, 2.75) is 13.0 Å². The Hall–Kier alpha value is -1.05. The monoisotopic (exact) mass is 286 g/mol. The van der Waals surface area contributed by atoms with Gasteiger partial charge in [0.2, 0.25) is 0 Å². The number of hydrogen-bond donors (Lipinski definition) is 1. The largest absolute Gasteiger partial charge is 0.481 e. The van der Waals surface area contributed by atoms with Crippen LogP contribution in [0.2, 0.25) is 0 Å². The lowest BCUT2D eigenvalue weighted by Crippen LogP contribution is -2.44. The molecule has 1 aliphatic rings. The molecule has 1 aromatic heterocycles. The zero-order valence-electron chi connectivity index (χ0n) is 9.74. The van der Waals surface area contributed by atoms with Gasteiger partial charge >= 0.3 is 5.97 Å². The fourth-order valence-electron chi connectivity index (χ4n) is 1.67. The van der Waals surface area contributed by atoms with Crippen LogP contribution in [-0.4, -0.2) is 44.3 Å². The first-order valence-electron chi connectivity index (χ1n) is 5.53. The fraction of sp³-hybridized carbons (Fsp3) is 0.455. The summed E-state index contributed by atoms with van der Waals surface area (Å²) in [5, 5.41) is 8.68. The van der Waals surface area contributed by atoms with Gasteiger partial charge in [0.25, 0.3) is 0 Å². The first kappa shape index (κ1) is 13.4. The van der Waals surface area contributed by atoms with Crippen molar-refractivity contribution >= 4 is 34.3 Å². The topological polar surface area (TPSA) is 56.9 Å². The maximum Gasteiger partial charge on any atom is 0.304 e. The first-order valence-corrected chi connectivity index (χ1v) is 6.93. The number of thiocarbonyl (C=S) groups is 1. The molecule has 1 saturated heterocycles. The molecule has 18 heavy (non-hydrogen) atoms. The van der Waals surface area contributed by atoms with Crippen LogP contribution in [0.4, 0.5) is 0 Å². The summed E-state index contributed by atoms with van der Waals surface area (Å²) in [6.07, 6.45) is 1.79. The second-order valence-electron chi connectivity index (χ2n) is 4.00. The van der Waals surface area contributed by atoms with Crippen molar-refractivity contribution in [1.29, 1.82) is 0 Å². The minimum atomic E-state index is -0.772. The highest BCUT2D eigenvalue weighted by Gasteiger charge is 2.22. The van der Waals surface area contributed by atoms with Crippen molar-refractivity contribution in [1.82, 2.24) is 9.80 Å². The lowest BCUT2D eigenvalue weighted by molar-refractivity contribution is -0.137. The number of aliphatic carboxylic acids is 1. The average molecular weight is 286 g/mol. The van der Waals surface area contributed by atoms with Gasteiger partial charge in [-0.1, -0.05) is 24.0 Å². The fourth-order valence-corrected chi connectivity index (χ4v) is 2.76. The maximum atomic E-state index is 10.6. The smallest absolute Gasteiger partial charge is 0.304 e. The second-order valence-corrected chi connectivity index (χ2v) is 5.57. The minimum absolute atomic E-state index is 0.155. The molecular formula is C11H14N2O3S2. The molecule has 0 atom stereocenters. The predicted octanol–water partition coefficient (Wildman–Crippen LogP) is 1.80. The van der Waals surface area contributed by atoms with E-state index in [9.17, 15) is 4.79 Å². The van der Waals surface area contributed by atoms with Gasteiger partial charge in [0, 0.05) is 6.54 Å². The summed E-state index contributed by atoms with van der Waals surface area (Å²) in [4.78, 5) is 14.6. The molecule has 5 nitrogen and oxygen atoms in total. The van der Waals surface area contributed by atoms with Crippen molar-refractivity contribution in [3.8, 4) is 0 Å². The van der Waals surface area contributed by atoms with Crippen LogP contribution in [-0.2, 0) is 11.3 Å². The molecule has 98 valence electrons. The third kappa shape index (κ3) is 3.72. The molecule has 0 amide bonds. The SMILES string of the molecule is O=C(O)CCN1CSC(=S)N(Cc2ccco2)C1. The third-order valence-corrected chi connectivity index (χ3v) is 4.18. The first-order chi connectivity index (χ1) is 8.65. The van der Waals surface area contributed by atoms with E-state index in [2.05, 4.69) is 4.90 Å². The van der Waals surface area contributed by atoms with E-state index in [4.69, 9.17) is 21.7 Å². The molecule has 1 fully saturated rings. The van der Waals surface area contributed by atoms with Crippen LogP contribution >= 0.6 is 24.0 Å². The Morgan fingerprint density at radius 3 is 3.11 bits per heavy atom. The number of nitrogens with zero attached hydrogens (tertiary/aromatic N) is 2. The molecule has 1 aliphatic heterocycles. The number of rotatable bonds is 5. The van der Waals surface area contributed by atoms with Gasteiger partial charge in [-0.15, -0.1) is 0 Å². The van der Waals surface area contributed by atoms with Crippen LogP contribution in [0.5, 0.6) is 0 Å². The summed E-state index contributed by atoms with van der Waals surface area (Å²) in [7, 11) is 0. The summed E-state index contributed by atoms with van der Waals surface area (Å²) in [5.41, 5.74) is 0. The number of carboxylic acids is 1. The van der Waals surface area contributed by atoms with Crippen molar-refractivity contribution < 1.29 is 14.3 Å². The van der Waals surface area contributed by atoms with Crippen LogP contribution < -0.4 is 0 Å². The standard InChI is InChI=1S/C11H14N2O3S2/c14-10(15)3-4-12-7-13(11(17)18-8-12)6-9-2-1-5-16-9/h1-2,5H,3-4,6-8H2,(H,14,15). The molecule has 0 aromatic carbocycles. The van der Waals surface area contributed by atoms with Gasteiger partial charge in [-0.05, 0) is 12.1 Å². The van der Waals surface area contributed by atoms with Gasteiger partial charge in [0.15, 0.2) is 0 Å². The molecule has 0 saturated carbocycles. The predicted molar refractivity (Wildman–Crippen MR) is 73.1 cm³/mol. The Balaban J connectivity index is 1.88. The molecule has 0 bridgehead atoms. The lowest BCUT2D eigenvalue weighted by Gasteiger charge is -2.35. The van der Waals surface area contributed by atoms with Crippen LogP contribution in [0, 0.1) is 0 Å². The minimum Gasteiger partial charge on any atom is -0.481 e. The molecule has 1 N–H and O–H groups in total. The van der Waals surface area contributed by atoms with E-state index < -0.39 is 5.97 Å². The van der Waals surface area contributed by atoms with E-state index in [0.717, 1.165) is 16.0 Å². The molecular weight excluding hydrogens is 272 g/mol. The van der Waals surface area contributed by atoms with Gasteiger partial charge in [0.1, 0.15) is 10.1 Å². The van der Waals surface area contributed by atoms with Gasteiger partial charge in [-0.2, -0.15) is 0 Å². The molecule has 0 unspecified atom stereocenters. The number of furan rings is 1. The highest BCUT2D eigenvalue weighted by Crippen LogP contribution is 2.21. The quantitative estimate of drug-likeness (QED) is 0.828. The van der Waals surface area contributed by atoms with E-state index in [-0.39, 0.29) is 6.42 Å². The maximum absolute atomic E-state index is 10.6. The second kappa shape index (κ2) is 6.21. The zero-order valence-corrected chi connectivity index (χ0v) is 11.4.